The van der Waals surface area contributed by atoms with Crippen molar-refractivity contribution in [3.63, 3.8) is 0 Å². The van der Waals surface area contributed by atoms with Crippen molar-refractivity contribution in [3.8, 4) is 0 Å². The number of hydrogen-bond acceptors (Lipinski definition) is 5. The molecule has 0 saturated carbocycles. The van der Waals surface area contributed by atoms with Gasteiger partial charge < -0.3 is 0 Å². The number of Topliss-reactive ketones (excluding diaryl/α,β-unsaturated/α-hetero) is 1. The van der Waals surface area contributed by atoms with E-state index in [1.165, 1.54) is 0 Å². The van der Waals surface area contributed by atoms with Crippen LogP contribution in [0.1, 0.15) is 59.3 Å². The van der Waals surface area contributed by atoms with Crippen LogP contribution in [-0.4, -0.2) is 44.5 Å². The van der Waals surface area contributed by atoms with Gasteiger partial charge in [0.2, 0.25) is 10.0 Å². The third-order valence-electron chi connectivity index (χ3n) is 6.61. The highest BCUT2D eigenvalue weighted by atomic mass is 32.2. The lowest BCUT2D eigenvalue weighted by Gasteiger charge is -2.37. The van der Waals surface area contributed by atoms with Crippen LogP contribution < -0.4 is 0 Å². The van der Waals surface area contributed by atoms with Gasteiger partial charge in [-0.2, -0.15) is 4.31 Å². The second-order valence-electron chi connectivity index (χ2n) is 9.01. The van der Waals surface area contributed by atoms with Gasteiger partial charge in [0.15, 0.2) is 15.6 Å². The summed E-state index contributed by atoms with van der Waals surface area (Å²) >= 11 is 0. The van der Waals surface area contributed by atoms with E-state index in [9.17, 15) is 21.6 Å². The third kappa shape index (κ3) is 4.97. The molecule has 0 aliphatic carbocycles. The summed E-state index contributed by atoms with van der Waals surface area (Å²) in [6.45, 7) is 2.20. The summed E-state index contributed by atoms with van der Waals surface area (Å²) in [6, 6.07) is 16.3. The standard InChI is InChI=1S/C24H29NO5S2/c1-18-7-12-24(22-5-3-2-4-6-22)32(29,30)25(18)16-19-8-10-21(11-9-19)23(26)15-20-13-14-31(27,28)17-20/h2-6,8-11,18,20,24H,7,12-17H2,1H3/t18-,20?,24?/m0/s1. The van der Waals surface area contributed by atoms with Crippen LogP contribution in [0.5, 0.6) is 0 Å². The van der Waals surface area contributed by atoms with Crippen molar-refractivity contribution >= 4 is 25.6 Å². The second kappa shape index (κ2) is 9.08. The molecule has 3 atom stereocenters. The average Bonchev–Trinajstić information content (AvgIpc) is 3.10. The van der Waals surface area contributed by atoms with Crippen LogP contribution in [0.4, 0.5) is 0 Å². The van der Waals surface area contributed by atoms with Gasteiger partial charge >= 0.3 is 0 Å². The molecular formula is C24H29NO5S2. The first kappa shape index (κ1) is 23.1. The molecule has 6 nitrogen and oxygen atoms in total. The number of sulfone groups is 1. The number of hydrogen-bond donors (Lipinski definition) is 0. The van der Waals surface area contributed by atoms with Crippen molar-refractivity contribution in [2.75, 3.05) is 11.5 Å². The minimum atomic E-state index is -3.51. The first-order valence-corrected chi connectivity index (χ1v) is 14.4. The van der Waals surface area contributed by atoms with Gasteiger partial charge in [-0.15, -0.1) is 0 Å². The van der Waals surface area contributed by atoms with E-state index >= 15 is 0 Å². The van der Waals surface area contributed by atoms with Gasteiger partial charge in [0.05, 0.1) is 11.5 Å². The molecule has 172 valence electrons. The SMILES string of the molecule is C[C@H]1CCC(c2ccccc2)S(=O)(=O)N1Cc1ccc(C(=O)CC2CCS(=O)(=O)C2)cc1. The molecule has 2 heterocycles. The molecular weight excluding hydrogens is 446 g/mol. The molecule has 0 radical (unpaired) electrons. The lowest BCUT2D eigenvalue weighted by Crippen LogP contribution is -2.44. The first-order chi connectivity index (χ1) is 15.2. The van der Waals surface area contributed by atoms with E-state index in [2.05, 4.69) is 0 Å². The number of nitrogens with zero attached hydrogens (tertiary/aromatic N) is 1. The van der Waals surface area contributed by atoms with Gasteiger partial charge in [0.25, 0.3) is 0 Å². The second-order valence-corrected chi connectivity index (χ2v) is 13.3. The van der Waals surface area contributed by atoms with Gasteiger partial charge in [-0.25, -0.2) is 16.8 Å². The maximum absolute atomic E-state index is 13.4. The zero-order chi connectivity index (χ0) is 22.9. The van der Waals surface area contributed by atoms with E-state index < -0.39 is 25.1 Å². The fraction of sp³-hybridized carbons (Fsp3) is 0.458. The van der Waals surface area contributed by atoms with Crippen LogP contribution >= 0.6 is 0 Å². The Hall–Kier alpha value is -2.03. The highest BCUT2D eigenvalue weighted by Gasteiger charge is 2.40. The van der Waals surface area contributed by atoms with E-state index in [1.807, 2.05) is 37.3 Å². The van der Waals surface area contributed by atoms with Crippen molar-refractivity contribution in [1.29, 1.82) is 0 Å². The Morgan fingerprint density at radius 3 is 2.25 bits per heavy atom. The largest absolute Gasteiger partial charge is 0.294 e. The van der Waals surface area contributed by atoms with E-state index in [1.54, 1.807) is 28.6 Å². The molecule has 2 aromatic rings. The molecule has 32 heavy (non-hydrogen) atoms. The van der Waals surface area contributed by atoms with E-state index in [4.69, 9.17) is 0 Å². The Labute approximate surface area is 190 Å². The smallest absolute Gasteiger partial charge is 0.221 e. The van der Waals surface area contributed by atoms with Crippen LogP contribution in [0.15, 0.2) is 54.6 Å². The average molecular weight is 476 g/mol. The molecule has 0 N–H and O–H groups in total. The molecule has 2 unspecified atom stereocenters. The highest BCUT2D eigenvalue weighted by Crippen LogP contribution is 2.38. The van der Waals surface area contributed by atoms with Crippen molar-refractivity contribution in [2.24, 2.45) is 5.92 Å². The normalized spacial score (nSPS) is 27.2. The van der Waals surface area contributed by atoms with Gasteiger partial charge in [-0.05, 0) is 43.2 Å². The predicted octanol–water partition coefficient (Wildman–Crippen LogP) is 3.75. The molecule has 0 amide bonds. The van der Waals surface area contributed by atoms with Crippen molar-refractivity contribution in [2.45, 2.75) is 50.4 Å². The summed E-state index contributed by atoms with van der Waals surface area (Å²) in [5, 5.41) is -0.538. The Balaban J connectivity index is 1.45. The topological polar surface area (TPSA) is 88.6 Å². The summed E-state index contributed by atoms with van der Waals surface area (Å²) in [5.74, 6) is 0.0729. The molecule has 0 spiro atoms. The lowest BCUT2D eigenvalue weighted by atomic mass is 9.97. The summed E-state index contributed by atoms with van der Waals surface area (Å²) in [7, 11) is -6.51. The maximum Gasteiger partial charge on any atom is 0.221 e. The van der Waals surface area contributed by atoms with Gasteiger partial charge in [-0.3, -0.25) is 4.79 Å². The molecule has 2 aromatic carbocycles. The molecule has 2 aliphatic rings. The number of carbonyl (C=O) groups excluding carboxylic acids is 1. The van der Waals surface area contributed by atoms with Gasteiger partial charge in [0.1, 0.15) is 5.25 Å². The van der Waals surface area contributed by atoms with Crippen LogP contribution in [0.25, 0.3) is 0 Å². The van der Waals surface area contributed by atoms with Crippen LogP contribution in [0.3, 0.4) is 0 Å². The van der Waals surface area contributed by atoms with E-state index in [0.29, 0.717) is 18.4 Å². The molecule has 8 heteroatoms. The summed E-state index contributed by atoms with van der Waals surface area (Å²) < 4.78 is 51.6. The Morgan fingerprint density at radius 1 is 0.938 bits per heavy atom. The lowest BCUT2D eigenvalue weighted by molar-refractivity contribution is 0.0965. The Kier molecular flexibility index (Phi) is 6.56. The number of rotatable bonds is 6. The van der Waals surface area contributed by atoms with E-state index in [-0.39, 0.29) is 42.2 Å². The highest BCUT2D eigenvalue weighted by molar-refractivity contribution is 7.91. The Morgan fingerprint density at radius 2 is 1.62 bits per heavy atom. The van der Waals surface area contributed by atoms with Crippen molar-refractivity contribution < 1.29 is 21.6 Å². The summed E-state index contributed by atoms with van der Waals surface area (Å²) in [4.78, 5) is 12.6. The third-order valence-corrected chi connectivity index (χ3v) is 10.8. The van der Waals surface area contributed by atoms with Gasteiger partial charge in [0, 0.05) is 24.6 Å². The van der Waals surface area contributed by atoms with Crippen LogP contribution in [-0.2, 0) is 26.4 Å². The number of benzene rings is 2. The number of sulfonamides is 1. The molecule has 4 rings (SSSR count). The van der Waals surface area contributed by atoms with E-state index in [0.717, 1.165) is 17.5 Å². The molecule has 2 fully saturated rings. The first-order valence-electron chi connectivity index (χ1n) is 11.0. The molecule has 2 saturated heterocycles. The number of ketones is 1. The molecule has 0 bridgehead atoms. The minimum absolute atomic E-state index is 0.0678. The maximum atomic E-state index is 13.4. The molecule has 0 aromatic heterocycles. The minimum Gasteiger partial charge on any atom is -0.294 e. The fourth-order valence-corrected chi connectivity index (χ4v) is 8.80. The van der Waals surface area contributed by atoms with Crippen molar-refractivity contribution in [1.82, 2.24) is 4.31 Å². The number of carbonyl (C=O) groups is 1. The van der Waals surface area contributed by atoms with Crippen molar-refractivity contribution in [3.05, 3.63) is 71.3 Å². The van der Waals surface area contributed by atoms with Gasteiger partial charge in [-0.1, -0.05) is 54.6 Å². The summed E-state index contributed by atoms with van der Waals surface area (Å²) in [5.41, 5.74) is 2.18. The predicted molar refractivity (Wildman–Crippen MR) is 124 cm³/mol. The van der Waals surface area contributed by atoms with Crippen LogP contribution in [0, 0.1) is 5.92 Å². The zero-order valence-electron chi connectivity index (χ0n) is 18.2. The quantitative estimate of drug-likeness (QED) is 0.594. The zero-order valence-corrected chi connectivity index (χ0v) is 19.8. The molecule has 2 aliphatic heterocycles. The van der Waals surface area contributed by atoms with Crippen LogP contribution in [0.2, 0.25) is 0 Å². The summed E-state index contributed by atoms with van der Waals surface area (Å²) in [6.07, 6.45) is 2.17. The Bertz CT molecular complexity index is 1170. The monoisotopic (exact) mass is 475 g/mol. The fourth-order valence-electron chi connectivity index (χ4n) is 4.74.